The third-order valence-electron chi connectivity index (χ3n) is 4.39. The van der Waals surface area contributed by atoms with Gasteiger partial charge in [0, 0.05) is 6.07 Å². The fourth-order valence-corrected chi connectivity index (χ4v) is 2.93. The number of ketones is 1. The van der Waals surface area contributed by atoms with Gasteiger partial charge < -0.3 is 18.9 Å². The van der Waals surface area contributed by atoms with E-state index in [0.29, 0.717) is 45.4 Å². The molecule has 7 heteroatoms. The molecule has 0 fully saturated rings. The smallest absolute Gasteiger partial charge is 0.206 e. The highest BCUT2D eigenvalue weighted by molar-refractivity contribution is 6.07. The van der Waals surface area contributed by atoms with Crippen molar-refractivity contribution in [3.05, 3.63) is 53.4 Å². The van der Waals surface area contributed by atoms with Gasteiger partial charge in [-0.05, 0) is 42.8 Å². The van der Waals surface area contributed by atoms with Gasteiger partial charge in [0.05, 0.1) is 45.2 Å². The second kappa shape index (κ2) is 8.60. The lowest BCUT2D eigenvalue weighted by molar-refractivity contribution is 0.104. The molecule has 0 atom stereocenters. The molecular weight excluding hydrogens is 372 g/mol. The summed E-state index contributed by atoms with van der Waals surface area (Å²) in [6.07, 6.45) is 3.12. The highest BCUT2D eigenvalue weighted by Gasteiger charge is 2.14. The number of carbonyl (C=O) groups excluding carboxylic acids is 1. The van der Waals surface area contributed by atoms with E-state index < -0.39 is 0 Å². The second-order valence-electron chi connectivity index (χ2n) is 6.17. The third-order valence-corrected chi connectivity index (χ3v) is 4.39. The summed E-state index contributed by atoms with van der Waals surface area (Å²) in [5, 5.41) is 0. The van der Waals surface area contributed by atoms with E-state index >= 15 is 0 Å². The largest absolute Gasteiger partial charge is 0.497 e. The van der Waals surface area contributed by atoms with Gasteiger partial charge in [0.15, 0.2) is 11.5 Å². The van der Waals surface area contributed by atoms with Gasteiger partial charge in [0.25, 0.3) is 0 Å². The van der Waals surface area contributed by atoms with E-state index in [-0.39, 0.29) is 5.78 Å². The van der Waals surface area contributed by atoms with Crippen molar-refractivity contribution in [1.29, 1.82) is 0 Å². The van der Waals surface area contributed by atoms with Gasteiger partial charge >= 0.3 is 0 Å². The lowest BCUT2D eigenvalue weighted by Gasteiger charge is -2.12. The van der Waals surface area contributed by atoms with Crippen molar-refractivity contribution in [1.82, 2.24) is 9.97 Å². The molecule has 0 aliphatic carbocycles. The molecule has 1 aromatic heterocycles. The van der Waals surface area contributed by atoms with Crippen molar-refractivity contribution < 1.29 is 23.7 Å². The molecule has 1 heterocycles. The molecule has 0 bridgehead atoms. The minimum absolute atomic E-state index is 0.249. The van der Waals surface area contributed by atoms with Crippen molar-refractivity contribution in [3.63, 3.8) is 0 Å². The Balaban J connectivity index is 1.94. The molecular formula is C22H22N2O5. The van der Waals surface area contributed by atoms with Gasteiger partial charge in [-0.3, -0.25) is 4.79 Å². The van der Waals surface area contributed by atoms with E-state index in [1.54, 1.807) is 64.7 Å². The standard InChI is InChI=1S/C22H22N2O5/c1-13-21(24-16-8-7-15(26-2)12-17(16)23-13)18(25)9-6-14-10-19(27-3)22(29-5)20(11-14)28-4/h6-12H,1-5H3/b9-6+. The van der Waals surface area contributed by atoms with Gasteiger partial charge in [0.1, 0.15) is 11.4 Å². The molecule has 150 valence electrons. The molecule has 0 N–H and O–H groups in total. The van der Waals surface area contributed by atoms with Crippen LogP contribution < -0.4 is 18.9 Å². The topological polar surface area (TPSA) is 79.8 Å². The molecule has 7 nitrogen and oxygen atoms in total. The molecule has 0 saturated carbocycles. The predicted molar refractivity (Wildman–Crippen MR) is 110 cm³/mol. The molecule has 0 aliphatic heterocycles. The zero-order valence-corrected chi connectivity index (χ0v) is 17.0. The van der Waals surface area contributed by atoms with Gasteiger partial charge in [-0.25, -0.2) is 9.97 Å². The summed E-state index contributed by atoms with van der Waals surface area (Å²) in [4.78, 5) is 21.7. The van der Waals surface area contributed by atoms with Gasteiger partial charge in [-0.2, -0.15) is 0 Å². The Bertz CT molecular complexity index is 1070. The third kappa shape index (κ3) is 4.13. The fourth-order valence-electron chi connectivity index (χ4n) is 2.93. The van der Waals surface area contributed by atoms with Crippen LogP contribution in [0, 0.1) is 6.92 Å². The van der Waals surface area contributed by atoms with Crippen molar-refractivity contribution in [2.75, 3.05) is 28.4 Å². The zero-order chi connectivity index (χ0) is 21.0. The van der Waals surface area contributed by atoms with Crippen LogP contribution in [0.15, 0.2) is 36.4 Å². The van der Waals surface area contributed by atoms with E-state index in [1.807, 2.05) is 0 Å². The average molecular weight is 394 g/mol. The molecule has 0 aliphatic rings. The number of aromatic nitrogens is 2. The fraction of sp³-hybridized carbons (Fsp3) is 0.227. The maximum absolute atomic E-state index is 12.7. The normalized spacial score (nSPS) is 10.9. The number of hydrogen-bond donors (Lipinski definition) is 0. The molecule has 0 spiro atoms. The molecule has 0 saturated heterocycles. The monoisotopic (exact) mass is 394 g/mol. The molecule has 29 heavy (non-hydrogen) atoms. The minimum Gasteiger partial charge on any atom is -0.497 e. The quantitative estimate of drug-likeness (QED) is 0.444. The Labute approximate surface area is 168 Å². The number of carbonyl (C=O) groups is 1. The van der Waals surface area contributed by atoms with Gasteiger partial charge in [-0.1, -0.05) is 6.08 Å². The predicted octanol–water partition coefficient (Wildman–Crippen LogP) is 3.87. The Morgan fingerprint density at radius 2 is 1.55 bits per heavy atom. The number of aryl methyl sites for hydroxylation is 1. The van der Waals surface area contributed by atoms with E-state index in [0.717, 1.165) is 5.56 Å². The Morgan fingerprint density at radius 1 is 0.862 bits per heavy atom. The molecule has 0 amide bonds. The Kier molecular flexibility index (Phi) is 5.97. The van der Waals surface area contributed by atoms with Crippen molar-refractivity contribution >= 4 is 22.9 Å². The van der Waals surface area contributed by atoms with Gasteiger partial charge in [-0.15, -0.1) is 0 Å². The first kappa shape index (κ1) is 20.1. The number of allylic oxidation sites excluding steroid dienone is 1. The summed E-state index contributed by atoms with van der Waals surface area (Å²) in [5.74, 6) is 1.95. The number of nitrogens with zero attached hydrogens (tertiary/aromatic N) is 2. The summed E-state index contributed by atoms with van der Waals surface area (Å²) in [6.45, 7) is 1.76. The lowest BCUT2D eigenvalue weighted by Crippen LogP contribution is -2.05. The van der Waals surface area contributed by atoms with E-state index in [9.17, 15) is 4.79 Å². The number of ether oxygens (including phenoxy) is 4. The number of hydrogen-bond acceptors (Lipinski definition) is 7. The first-order chi connectivity index (χ1) is 14.0. The molecule has 3 rings (SSSR count). The number of fused-ring (bicyclic) bond motifs is 1. The first-order valence-electron chi connectivity index (χ1n) is 8.85. The summed E-state index contributed by atoms with van der Waals surface area (Å²) in [5.41, 5.74) is 2.87. The number of rotatable bonds is 7. The van der Waals surface area contributed by atoms with Crippen LogP contribution in [0.3, 0.4) is 0 Å². The average Bonchev–Trinajstić information content (AvgIpc) is 2.75. The van der Waals surface area contributed by atoms with Crippen molar-refractivity contribution in [2.24, 2.45) is 0 Å². The van der Waals surface area contributed by atoms with Crippen molar-refractivity contribution in [2.45, 2.75) is 6.92 Å². The summed E-state index contributed by atoms with van der Waals surface area (Å²) < 4.78 is 21.2. The van der Waals surface area contributed by atoms with Crippen LogP contribution in [-0.2, 0) is 0 Å². The molecule has 0 unspecified atom stereocenters. The van der Waals surface area contributed by atoms with Crippen LogP contribution in [0.2, 0.25) is 0 Å². The molecule has 2 aromatic carbocycles. The van der Waals surface area contributed by atoms with E-state index in [1.165, 1.54) is 13.2 Å². The van der Waals surface area contributed by atoms with Gasteiger partial charge in [0.2, 0.25) is 11.5 Å². The number of methoxy groups -OCH3 is 4. The van der Waals surface area contributed by atoms with Crippen LogP contribution >= 0.6 is 0 Å². The Hall–Kier alpha value is -3.61. The summed E-state index contributed by atoms with van der Waals surface area (Å²) >= 11 is 0. The number of benzene rings is 2. The van der Waals surface area contributed by atoms with E-state index in [2.05, 4.69) is 9.97 Å². The second-order valence-corrected chi connectivity index (χ2v) is 6.17. The minimum atomic E-state index is -0.249. The molecule has 3 aromatic rings. The molecule has 0 radical (unpaired) electrons. The van der Waals surface area contributed by atoms with Crippen LogP contribution in [-0.4, -0.2) is 44.2 Å². The highest BCUT2D eigenvalue weighted by Crippen LogP contribution is 2.38. The highest BCUT2D eigenvalue weighted by atomic mass is 16.5. The Morgan fingerprint density at radius 3 is 2.14 bits per heavy atom. The maximum atomic E-state index is 12.7. The maximum Gasteiger partial charge on any atom is 0.206 e. The lowest BCUT2D eigenvalue weighted by atomic mass is 10.1. The van der Waals surface area contributed by atoms with Crippen LogP contribution in [0.1, 0.15) is 21.7 Å². The van der Waals surface area contributed by atoms with Crippen LogP contribution in [0.4, 0.5) is 0 Å². The first-order valence-corrected chi connectivity index (χ1v) is 8.85. The SMILES string of the molecule is COc1ccc2nc(C(=O)/C=C/c3cc(OC)c(OC)c(OC)c3)c(C)nc2c1. The zero-order valence-electron chi connectivity index (χ0n) is 17.0. The van der Waals surface area contributed by atoms with Crippen molar-refractivity contribution in [3.8, 4) is 23.0 Å². The van der Waals surface area contributed by atoms with Crippen LogP contribution in [0.25, 0.3) is 17.1 Å². The summed E-state index contributed by atoms with van der Waals surface area (Å²) in [6, 6.07) is 8.87. The van der Waals surface area contributed by atoms with Crippen LogP contribution in [0.5, 0.6) is 23.0 Å². The summed E-state index contributed by atoms with van der Waals surface area (Å²) in [7, 11) is 6.21. The van der Waals surface area contributed by atoms with E-state index in [4.69, 9.17) is 18.9 Å².